The summed E-state index contributed by atoms with van der Waals surface area (Å²) in [5.41, 5.74) is 11.6. The summed E-state index contributed by atoms with van der Waals surface area (Å²) < 4.78 is 99.2. The minimum Gasteiger partial charge on any atom is -0.464 e. The van der Waals surface area contributed by atoms with Crippen molar-refractivity contribution in [3.8, 4) is 11.3 Å². The van der Waals surface area contributed by atoms with E-state index in [4.69, 9.17) is 15.9 Å². The van der Waals surface area contributed by atoms with Gasteiger partial charge in [-0.15, -0.1) is 20.5 Å². The molecular formula is C24H24F6N2O5S. The summed E-state index contributed by atoms with van der Waals surface area (Å²) in [6.45, 7) is -1.41. The van der Waals surface area contributed by atoms with Gasteiger partial charge >= 0.3 is 24.5 Å². The van der Waals surface area contributed by atoms with Gasteiger partial charge in [-0.1, -0.05) is 30.3 Å². The molecule has 208 valence electrons. The van der Waals surface area contributed by atoms with Crippen LogP contribution in [0.1, 0.15) is 12.8 Å². The molecule has 14 heteroatoms. The molecule has 3 aromatic rings. The molecule has 0 aliphatic carbocycles. The van der Waals surface area contributed by atoms with Gasteiger partial charge in [-0.3, -0.25) is 4.79 Å². The molecule has 0 fully saturated rings. The van der Waals surface area contributed by atoms with Gasteiger partial charge in [0.25, 0.3) is 0 Å². The van der Waals surface area contributed by atoms with E-state index in [1.807, 2.05) is 36.4 Å². The topological polar surface area (TPSA) is 110 Å². The maximum atomic E-state index is 14.0. The predicted octanol–water partition coefficient (Wildman–Crippen LogP) is 5.57. The van der Waals surface area contributed by atoms with Crippen molar-refractivity contribution >= 4 is 28.7 Å². The van der Waals surface area contributed by atoms with Crippen LogP contribution in [0.2, 0.25) is 0 Å². The molecule has 0 amide bonds. The lowest BCUT2D eigenvalue weighted by Gasteiger charge is -2.26. The number of alkyl halides is 6. The monoisotopic (exact) mass is 566 g/mol. The van der Waals surface area contributed by atoms with Crippen LogP contribution in [-0.2, 0) is 19.0 Å². The Balaban J connectivity index is 1.49. The van der Waals surface area contributed by atoms with E-state index in [9.17, 15) is 31.1 Å². The van der Waals surface area contributed by atoms with Crippen molar-refractivity contribution in [2.75, 3.05) is 18.9 Å². The quantitative estimate of drug-likeness (QED) is 0.113. The summed E-state index contributed by atoms with van der Waals surface area (Å²) in [5, 5.41) is 0.775. The Morgan fingerprint density at radius 3 is 2.26 bits per heavy atom. The maximum absolute atomic E-state index is 14.0. The van der Waals surface area contributed by atoms with Gasteiger partial charge in [0.2, 0.25) is 0 Å². The molecule has 0 saturated heterocycles. The van der Waals surface area contributed by atoms with E-state index >= 15 is 0 Å². The zero-order chi connectivity index (χ0) is 28.0. The molecule has 38 heavy (non-hydrogen) atoms. The van der Waals surface area contributed by atoms with Crippen molar-refractivity contribution in [1.29, 1.82) is 0 Å². The van der Waals surface area contributed by atoms with Crippen molar-refractivity contribution in [1.82, 2.24) is 0 Å². The molecular weight excluding hydrogens is 542 g/mol. The van der Waals surface area contributed by atoms with Gasteiger partial charge in [0.15, 0.2) is 0 Å². The van der Waals surface area contributed by atoms with E-state index in [-0.39, 0.29) is 6.54 Å². The van der Waals surface area contributed by atoms with Gasteiger partial charge in [-0.25, -0.2) is 9.47 Å². The number of carbonyl (C=O) groups excluding carboxylic acids is 1. The first-order valence-corrected chi connectivity index (χ1v) is 12.2. The number of esters is 1. The lowest BCUT2D eigenvalue weighted by Crippen LogP contribution is -2.42. The molecule has 0 aliphatic heterocycles. The Morgan fingerprint density at radius 2 is 1.61 bits per heavy atom. The fourth-order valence-electron chi connectivity index (χ4n) is 3.08. The third-order valence-electron chi connectivity index (χ3n) is 4.94. The van der Waals surface area contributed by atoms with Crippen LogP contribution < -0.4 is 11.5 Å². The van der Waals surface area contributed by atoms with Crippen molar-refractivity contribution in [2.24, 2.45) is 11.5 Å². The minimum absolute atomic E-state index is 0.336. The van der Waals surface area contributed by atoms with Crippen LogP contribution in [0.3, 0.4) is 0 Å². The minimum atomic E-state index is -5.34. The number of benzene rings is 2. The van der Waals surface area contributed by atoms with Crippen LogP contribution in [0.5, 0.6) is 0 Å². The van der Waals surface area contributed by atoms with Crippen LogP contribution in [0.4, 0.5) is 26.3 Å². The second kappa shape index (κ2) is 12.4. The largest absolute Gasteiger partial charge is 0.494 e. The van der Waals surface area contributed by atoms with E-state index in [0.717, 1.165) is 22.7 Å². The van der Waals surface area contributed by atoms with Crippen LogP contribution in [0, 0.1) is 0 Å². The summed E-state index contributed by atoms with van der Waals surface area (Å²) in [6.07, 6.45) is -17.3. The van der Waals surface area contributed by atoms with Gasteiger partial charge in [-0.2, -0.15) is 17.6 Å². The molecule has 0 spiro atoms. The zero-order valence-electron chi connectivity index (χ0n) is 19.7. The highest BCUT2D eigenvalue weighted by molar-refractivity contribution is 7.99. The Kier molecular flexibility index (Phi) is 9.70. The lowest BCUT2D eigenvalue weighted by molar-refractivity contribution is -0.514. The first-order chi connectivity index (χ1) is 17.8. The number of nitrogens with two attached hydrogens (primary N) is 2. The fourth-order valence-corrected chi connectivity index (χ4v) is 4.01. The Labute approximate surface area is 217 Å². The highest BCUT2D eigenvalue weighted by atomic mass is 32.2. The van der Waals surface area contributed by atoms with Gasteiger partial charge in [-0.05, 0) is 24.3 Å². The highest BCUT2D eigenvalue weighted by Gasteiger charge is 2.51. The van der Waals surface area contributed by atoms with Crippen molar-refractivity contribution in [2.45, 2.75) is 42.3 Å². The molecule has 1 unspecified atom stereocenters. The van der Waals surface area contributed by atoms with Gasteiger partial charge in [0, 0.05) is 34.6 Å². The molecule has 1 aromatic heterocycles. The number of thioether (sulfide) groups is 1. The molecule has 0 aliphatic rings. The first kappa shape index (κ1) is 29.8. The number of ether oxygens (including phenoxy) is 3. The molecule has 0 bridgehead atoms. The number of hydrogen-bond acceptors (Lipinski definition) is 8. The Bertz CT molecular complexity index is 1210. The average Bonchev–Trinajstić information content (AvgIpc) is 3.25. The fraction of sp³-hybridized carbons (Fsp3) is 0.375. The van der Waals surface area contributed by atoms with Gasteiger partial charge in [0.1, 0.15) is 17.4 Å². The standard InChI is InChI=1S/C24H24F6N2O5S/c25-22(26,8-10-34-21(33)18(32)14-31)36-24(29,30)37-23(27,28)9-11-38-17-7-6-16-12-19(35-20(16)13-17)15-4-2-1-3-5-15/h1-7,12-13,18H,8-11,14,31-32H2. The van der Waals surface area contributed by atoms with Crippen LogP contribution in [-0.4, -0.2) is 49.4 Å². The number of halogens is 6. The average molecular weight is 567 g/mol. The number of fused-ring (bicyclic) bond motifs is 1. The highest BCUT2D eigenvalue weighted by Crippen LogP contribution is 2.37. The summed E-state index contributed by atoms with van der Waals surface area (Å²) in [7, 11) is 0. The van der Waals surface area contributed by atoms with Crippen molar-refractivity contribution < 1.29 is 49.8 Å². The predicted molar refractivity (Wildman–Crippen MR) is 127 cm³/mol. The van der Waals surface area contributed by atoms with Crippen molar-refractivity contribution in [3.05, 3.63) is 54.6 Å². The third-order valence-corrected chi connectivity index (χ3v) is 5.94. The van der Waals surface area contributed by atoms with E-state index < -0.39 is 55.7 Å². The zero-order valence-corrected chi connectivity index (χ0v) is 20.5. The molecule has 1 heterocycles. The maximum Gasteiger partial charge on any atom is 0.494 e. The molecule has 7 nitrogen and oxygen atoms in total. The number of rotatable bonds is 14. The van der Waals surface area contributed by atoms with Crippen LogP contribution >= 0.6 is 11.8 Å². The Hall–Kier alpha value is -2.78. The third kappa shape index (κ3) is 8.91. The number of furan rings is 1. The van der Waals surface area contributed by atoms with Crippen LogP contribution in [0.25, 0.3) is 22.3 Å². The first-order valence-electron chi connectivity index (χ1n) is 11.2. The summed E-state index contributed by atoms with van der Waals surface area (Å²) in [4.78, 5) is 11.8. The molecule has 2 aromatic carbocycles. The summed E-state index contributed by atoms with van der Waals surface area (Å²) >= 11 is 0.903. The second-order valence-corrected chi connectivity index (χ2v) is 9.14. The molecule has 0 saturated carbocycles. The summed E-state index contributed by atoms with van der Waals surface area (Å²) in [5.74, 6) is -0.925. The van der Waals surface area contributed by atoms with E-state index in [1.54, 1.807) is 18.2 Å². The Morgan fingerprint density at radius 1 is 0.947 bits per heavy atom. The van der Waals surface area contributed by atoms with E-state index in [0.29, 0.717) is 16.2 Å². The van der Waals surface area contributed by atoms with E-state index in [2.05, 4.69) is 14.2 Å². The number of carbonyl (C=O) groups is 1. The lowest BCUT2D eigenvalue weighted by atomic mass is 10.1. The molecule has 1 atom stereocenters. The molecule has 4 N–H and O–H groups in total. The SMILES string of the molecule is NCC(N)C(=O)OCCC(F)(F)OC(F)(F)OC(F)(F)CCSc1ccc2cc(-c3ccccc3)oc2c1. The normalized spacial score (nSPS) is 13.6. The summed E-state index contributed by atoms with van der Waals surface area (Å²) in [6, 6.07) is 14.8. The molecule has 0 radical (unpaired) electrons. The van der Waals surface area contributed by atoms with E-state index in [1.165, 1.54) is 0 Å². The second-order valence-electron chi connectivity index (χ2n) is 7.98. The van der Waals surface area contributed by atoms with Crippen LogP contribution in [0.15, 0.2) is 63.9 Å². The van der Waals surface area contributed by atoms with Gasteiger partial charge < -0.3 is 20.6 Å². The molecule has 3 rings (SSSR count). The smallest absolute Gasteiger partial charge is 0.464 e. The van der Waals surface area contributed by atoms with Crippen molar-refractivity contribution in [3.63, 3.8) is 0 Å². The number of hydrogen-bond donors (Lipinski definition) is 2. The van der Waals surface area contributed by atoms with Gasteiger partial charge in [0.05, 0.1) is 13.0 Å².